The van der Waals surface area contributed by atoms with Crippen LogP contribution in [0.4, 0.5) is 10.8 Å². The SMILES string of the molecule is O=C(Nc1nc(-c2ccccc2Cl)cs1)c1ccc([N+](=O)[O-])cc1Cl. The average molecular weight is 394 g/mol. The summed E-state index contributed by atoms with van der Waals surface area (Å²) in [6.45, 7) is 0. The van der Waals surface area contributed by atoms with E-state index < -0.39 is 10.8 Å². The molecule has 0 aliphatic heterocycles. The Kier molecular flexibility index (Phi) is 4.98. The first-order valence-electron chi connectivity index (χ1n) is 6.91. The van der Waals surface area contributed by atoms with E-state index in [4.69, 9.17) is 23.2 Å². The zero-order valence-corrected chi connectivity index (χ0v) is 14.7. The molecule has 0 spiro atoms. The second kappa shape index (κ2) is 7.18. The third kappa shape index (κ3) is 3.79. The van der Waals surface area contributed by atoms with E-state index in [-0.39, 0.29) is 16.3 Å². The van der Waals surface area contributed by atoms with E-state index in [0.717, 1.165) is 11.6 Å². The van der Waals surface area contributed by atoms with Gasteiger partial charge in [-0.3, -0.25) is 20.2 Å². The van der Waals surface area contributed by atoms with Gasteiger partial charge >= 0.3 is 0 Å². The number of amides is 1. The van der Waals surface area contributed by atoms with Crippen LogP contribution in [0.1, 0.15) is 10.4 Å². The molecule has 25 heavy (non-hydrogen) atoms. The maximum absolute atomic E-state index is 12.3. The molecule has 1 heterocycles. The summed E-state index contributed by atoms with van der Waals surface area (Å²) >= 11 is 13.3. The number of nitrogens with one attached hydrogen (secondary N) is 1. The minimum Gasteiger partial charge on any atom is -0.298 e. The van der Waals surface area contributed by atoms with Crippen LogP contribution < -0.4 is 5.32 Å². The normalized spacial score (nSPS) is 10.5. The average Bonchev–Trinajstić information content (AvgIpc) is 3.03. The molecule has 0 atom stereocenters. The molecule has 6 nitrogen and oxygen atoms in total. The molecule has 0 aliphatic rings. The lowest BCUT2D eigenvalue weighted by molar-refractivity contribution is -0.384. The number of nitro groups is 1. The van der Waals surface area contributed by atoms with Gasteiger partial charge in [0.25, 0.3) is 11.6 Å². The Bertz CT molecular complexity index is 975. The van der Waals surface area contributed by atoms with Crippen molar-refractivity contribution < 1.29 is 9.72 Å². The molecule has 2 aromatic carbocycles. The zero-order chi connectivity index (χ0) is 18.0. The Morgan fingerprint density at radius 3 is 2.60 bits per heavy atom. The molecule has 0 unspecified atom stereocenters. The van der Waals surface area contributed by atoms with Crippen LogP contribution in [0.3, 0.4) is 0 Å². The number of rotatable bonds is 4. The van der Waals surface area contributed by atoms with Crippen molar-refractivity contribution in [1.82, 2.24) is 4.98 Å². The molecule has 0 aliphatic carbocycles. The van der Waals surface area contributed by atoms with E-state index in [1.54, 1.807) is 11.4 Å². The highest BCUT2D eigenvalue weighted by molar-refractivity contribution is 7.14. The summed E-state index contributed by atoms with van der Waals surface area (Å²) in [5, 5.41) is 16.0. The largest absolute Gasteiger partial charge is 0.298 e. The summed E-state index contributed by atoms with van der Waals surface area (Å²) in [6.07, 6.45) is 0. The van der Waals surface area contributed by atoms with Crippen LogP contribution in [0.5, 0.6) is 0 Å². The molecule has 0 bridgehead atoms. The van der Waals surface area contributed by atoms with Crippen molar-refractivity contribution in [3.05, 3.63) is 73.6 Å². The maximum atomic E-state index is 12.3. The van der Waals surface area contributed by atoms with Crippen molar-refractivity contribution in [2.45, 2.75) is 0 Å². The van der Waals surface area contributed by atoms with E-state index in [9.17, 15) is 14.9 Å². The smallest absolute Gasteiger partial charge is 0.270 e. The Morgan fingerprint density at radius 2 is 1.92 bits per heavy atom. The summed E-state index contributed by atoms with van der Waals surface area (Å²) in [6, 6.07) is 10.9. The molecule has 0 fully saturated rings. The lowest BCUT2D eigenvalue weighted by Gasteiger charge is -2.04. The summed E-state index contributed by atoms with van der Waals surface area (Å²) < 4.78 is 0. The standard InChI is InChI=1S/C16H9Cl2N3O3S/c17-12-4-2-1-3-10(12)14-8-25-16(19-14)20-15(22)11-6-5-9(21(23)24)7-13(11)18/h1-8H,(H,19,20,22). The molecule has 3 aromatic rings. The van der Waals surface area contributed by atoms with Gasteiger partial charge in [-0.15, -0.1) is 11.3 Å². The molecule has 0 saturated carbocycles. The first-order valence-corrected chi connectivity index (χ1v) is 8.55. The highest BCUT2D eigenvalue weighted by Gasteiger charge is 2.16. The number of benzene rings is 2. The lowest BCUT2D eigenvalue weighted by atomic mass is 10.2. The number of non-ortho nitro benzene ring substituents is 1. The molecule has 126 valence electrons. The predicted molar refractivity (Wildman–Crippen MR) is 98.6 cm³/mol. The van der Waals surface area contributed by atoms with Gasteiger partial charge in [0, 0.05) is 28.1 Å². The van der Waals surface area contributed by atoms with Crippen molar-refractivity contribution in [3.8, 4) is 11.3 Å². The van der Waals surface area contributed by atoms with Crippen molar-refractivity contribution >= 4 is 51.3 Å². The zero-order valence-electron chi connectivity index (χ0n) is 12.4. The van der Waals surface area contributed by atoms with Gasteiger partial charge < -0.3 is 0 Å². The van der Waals surface area contributed by atoms with Crippen molar-refractivity contribution in [2.75, 3.05) is 5.32 Å². The number of halogens is 2. The number of carbonyl (C=O) groups excluding carboxylic acids is 1. The number of carbonyl (C=O) groups is 1. The fraction of sp³-hybridized carbons (Fsp3) is 0. The predicted octanol–water partition coefficient (Wildman–Crippen LogP) is 5.28. The van der Waals surface area contributed by atoms with Crippen molar-refractivity contribution in [3.63, 3.8) is 0 Å². The minimum atomic E-state index is -0.579. The van der Waals surface area contributed by atoms with E-state index in [0.29, 0.717) is 15.8 Å². The molecule has 1 aromatic heterocycles. The van der Waals surface area contributed by atoms with Gasteiger partial charge in [0.15, 0.2) is 5.13 Å². The third-order valence-electron chi connectivity index (χ3n) is 3.28. The first-order chi connectivity index (χ1) is 12.0. The van der Waals surface area contributed by atoms with Crippen LogP contribution in [-0.2, 0) is 0 Å². The van der Waals surface area contributed by atoms with Crippen LogP contribution in [0.15, 0.2) is 47.8 Å². The van der Waals surface area contributed by atoms with Gasteiger partial charge in [-0.05, 0) is 12.1 Å². The number of aromatic nitrogens is 1. The van der Waals surface area contributed by atoms with Crippen LogP contribution in [0.2, 0.25) is 10.0 Å². The number of hydrogen-bond acceptors (Lipinski definition) is 5. The quantitative estimate of drug-likeness (QED) is 0.482. The first kappa shape index (κ1) is 17.3. The number of thiazole rings is 1. The highest BCUT2D eigenvalue weighted by Crippen LogP contribution is 2.31. The van der Waals surface area contributed by atoms with E-state index in [1.165, 1.54) is 23.5 Å². The Balaban J connectivity index is 1.81. The Labute approximate surface area is 156 Å². The Morgan fingerprint density at radius 1 is 1.16 bits per heavy atom. The lowest BCUT2D eigenvalue weighted by Crippen LogP contribution is -2.12. The van der Waals surface area contributed by atoms with Crippen LogP contribution >= 0.6 is 34.5 Å². The molecule has 1 N–H and O–H groups in total. The molecule has 3 rings (SSSR count). The number of hydrogen-bond donors (Lipinski definition) is 1. The van der Waals surface area contributed by atoms with Gasteiger partial charge in [-0.1, -0.05) is 41.4 Å². The molecule has 9 heteroatoms. The molecule has 0 radical (unpaired) electrons. The summed E-state index contributed by atoms with van der Waals surface area (Å²) in [5.74, 6) is -0.500. The topological polar surface area (TPSA) is 85.1 Å². The Hall–Kier alpha value is -2.48. The van der Waals surface area contributed by atoms with Crippen LogP contribution in [0, 0.1) is 10.1 Å². The summed E-state index contributed by atoms with van der Waals surface area (Å²) in [7, 11) is 0. The van der Waals surface area contributed by atoms with Gasteiger partial charge in [0.2, 0.25) is 0 Å². The molecule has 0 saturated heterocycles. The van der Waals surface area contributed by atoms with Gasteiger partial charge in [0.1, 0.15) is 0 Å². The molecule has 1 amide bonds. The van der Waals surface area contributed by atoms with E-state index in [1.807, 2.05) is 18.2 Å². The molecular weight excluding hydrogens is 385 g/mol. The van der Waals surface area contributed by atoms with Gasteiger partial charge in [-0.25, -0.2) is 4.98 Å². The fourth-order valence-electron chi connectivity index (χ4n) is 2.09. The monoisotopic (exact) mass is 393 g/mol. The summed E-state index contributed by atoms with van der Waals surface area (Å²) in [4.78, 5) is 26.8. The molecular formula is C16H9Cl2N3O3S. The fourth-order valence-corrected chi connectivity index (χ4v) is 3.29. The number of nitrogens with zero attached hydrogens (tertiary/aromatic N) is 2. The van der Waals surface area contributed by atoms with Gasteiger partial charge in [-0.2, -0.15) is 0 Å². The number of nitro benzene ring substituents is 1. The summed E-state index contributed by atoms with van der Waals surface area (Å²) in [5.41, 5.74) is 1.34. The van der Waals surface area contributed by atoms with Gasteiger partial charge in [0.05, 0.1) is 21.2 Å². The second-order valence-electron chi connectivity index (χ2n) is 4.89. The van der Waals surface area contributed by atoms with Crippen molar-refractivity contribution in [2.24, 2.45) is 0 Å². The van der Waals surface area contributed by atoms with Crippen LogP contribution in [0.25, 0.3) is 11.3 Å². The maximum Gasteiger partial charge on any atom is 0.270 e. The van der Waals surface area contributed by atoms with E-state index in [2.05, 4.69) is 10.3 Å². The van der Waals surface area contributed by atoms with Crippen molar-refractivity contribution in [1.29, 1.82) is 0 Å². The van der Waals surface area contributed by atoms with E-state index >= 15 is 0 Å². The highest BCUT2D eigenvalue weighted by atomic mass is 35.5. The minimum absolute atomic E-state index is 0.00502. The third-order valence-corrected chi connectivity index (χ3v) is 4.68. The second-order valence-corrected chi connectivity index (χ2v) is 6.57. The number of anilines is 1. The van der Waals surface area contributed by atoms with Crippen LogP contribution in [-0.4, -0.2) is 15.8 Å².